The fourth-order valence-corrected chi connectivity index (χ4v) is 4.09. The van der Waals surface area contributed by atoms with Crippen LogP contribution in [0.25, 0.3) is 0 Å². The minimum atomic E-state index is -0.518. The monoisotopic (exact) mass is 524 g/mol. The van der Waals surface area contributed by atoms with Crippen molar-refractivity contribution >= 4 is 35.8 Å². The zero-order valence-corrected chi connectivity index (χ0v) is 20.4. The summed E-state index contributed by atoms with van der Waals surface area (Å²) in [6.07, 6.45) is 5.75. The van der Waals surface area contributed by atoms with E-state index in [2.05, 4.69) is 15.2 Å². The standard InChI is InChI=1S/C20H36N4O4.HI/c1-20(27-11-12-28-20)16-7-6-9-24(15-16)19(22-14-18(25)23(2)3)21-13-17-8-4-5-10-26-17;/h16-17H,4-15H2,1-3H3,(H,21,22);1H. The van der Waals surface area contributed by atoms with Crippen LogP contribution in [0, 0.1) is 5.92 Å². The Morgan fingerprint density at radius 1 is 1.17 bits per heavy atom. The number of nitrogens with zero attached hydrogens (tertiary/aromatic N) is 3. The number of rotatable bonds is 5. The van der Waals surface area contributed by atoms with E-state index in [0.717, 1.165) is 57.9 Å². The molecule has 1 amide bonds. The van der Waals surface area contributed by atoms with E-state index < -0.39 is 5.79 Å². The van der Waals surface area contributed by atoms with Gasteiger partial charge in [-0.05, 0) is 39.0 Å². The number of hydrogen-bond acceptors (Lipinski definition) is 5. The van der Waals surface area contributed by atoms with Crippen LogP contribution >= 0.6 is 24.0 Å². The zero-order chi connectivity index (χ0) is 20.0. The average molecular weight is 524 g/mol. The second-order valence-corrected chi connectivity index (χ2v) is 8.30. The Bertz CT molecular complexity index is 549. The molecule has 8 nitrogen and oxygen atoms in total. The molecule has 2 unspecified atom stereocenters. The highest BCUT2D eigenvalue weighted by Crippen LogP contribution is 2.34. The highest BCUT2D eigenvalue weighted by atomic mass is 127. The van der Waals surface area contributed by atoms with Crippen molar-refractivity contribution in [2.75, 3.05) is 60.1 Å². The molecule has 0 aliphatic carbocycles. The van der Waals surface area contributed by atoms with Crippen LogP contribution in [0.4, 0.5) is 0 Å². The summed E-state index contributed by atoms with van der Waals surface area (Å²) >= 11 is 0. The highest BCUT2D eigenvalue weighted by molar-refractivity contribution is 14.0. The van der Waals surface area contributed by atoms with Gasteiger partial charge in [0.15, 0.2) is 11.7 Å². The van der Waals surface area contributed by atoms with Crippen molar-refractivity contribution in [3.63, 3.8) is 0 Å². The number of halogens is 1. The minimum absolute atomic E-state index is 0. The van der Waals surface area contributed by atoms with E-state index in [0.29, 0.717) is 13.2 Å². The van der Waals surface area contributed by atoms with Crippen molar-refractivity contribution in [1.82, 2.24) is 15.1 Å². The Balaban J connectivity index is 0.00000300. The second kappa shape index (κ2) is 11.7. The van der Waals surface area contributed by atoms with Gasteiger partial charge in [0.1, 0.15) is 6.54 Å². The van der Waals surface area contributed by atoms with Gasteiger partial charge in [0, 0.05) is 46.3 Å². The first-order valence-electron chi connectivity index (χ1n) is 10.6. The maximum atomic E-state index is 12.1. The highest BCUT2D eigenvalue weighted by Gasteiger charge is 2.42. The number of carbonyl (C=O) groups is 1. The van der Waals surface area contributed by atoms with E-state index in [1.165, 1.54) is 6.42 Å². The zero-order valence-electron chi connectivity index (χ0n) is 18.0. The number of piperidine rings is 1. The molecule has 29 heavy (non-hydrogen) atoms. The Morgan fingerprint density at radius 2 is 1.93 bits per heavy atom. The third kappa shape index (κ3) is 6.93. The number of likely N-dealkylation sites (N-methyl/N-ethyl adjacent to an activating group) is 1. The van der Waals surface area contributed by atoms with Crippen molar-refractivity contribution in [2.45, 2.75) is 50.9 Å². The largest absolute Gasteiger partial charge is 0.376 e. The van der Waals surface area contributed by atoms with Gasteiger partial charge in [0.2, 0.25) is 5.91 Å². The molecule has 3 aliphatic heterocycles. The SMILES string of the molecule is CN(C)C(=O)CN=C(NCC1CCCCO1)N1CCCC(C2(C)OCCO2)C1.I. The van der Waals surface area contributed by atoms with Gasteiger partial charge in [-0.15, -0.1) is 24.0 Å². The van der Waals surface area contributed by atoms with Crippen molar-refractivity contribution in [2.24, 2.45) is 10.9 Å². The van der Waals surface area contributed by atoms with Crippen LogP contribution in [0.3, 0.4) is 0 Å². The number of ether oxygens (including phenoxy) is 3. The van der Waals surface area contributed by atoms with Gasteiger partial charge in [-0.3, -0.25) is 4.79 Å². The van der Waals surface area contributed by atoms with Crippen LogP contribution in [0.5, 0.6) is 0 Å². The lowest BCUT2D eigenvalue weighted by molar-refractivity contribution is -0.189. The molecule has 0 bridgehead atoms. The lowest BCUT2D eigenvalue weighted by Crippen LogP contribution is -2.53. The molecule has 2 atom stereocenters. The van der Waals surface area contributed by atoms with Gasteiger partial charge in [-0.1, -0.05) is 0 Å². The predicted molar refractivity (Wildman–Crippen MR) is 123 cm³/mol. The molecule has 3 heterocycles. The predicted octanol–water partition coefficient (Wildman–Crippen LogP) is 1.68. The molecule has 0 aromatic carbocycles. The molecular weight excluding hydrogens is 487 g/mol. The summed E-state index contributed by atoms with van der Waals surface area (Å²) in [5.41, 5.74) is 0. The van der Waals surface area contributed by atoms with Crippen molar-refractivity contribution in [1.29, 1.82) is 0 Å². The summed E-state index contributed by atoms with van der Waals surface area (Å²) in [6.45, 7) is 6.78. The molecule has 3 rings (SSSR count). The second-order valence-electron chi connectivity index (χ2n) is 8.30. The quantitative estimate of drug-likeness (QED) is 0.335. The van der Waals surface area contributed by atoms with Gasteiger partial charge < -0.3 is 29.3 Å². The van der Waals surface area contributed by atoms with Gasteiger partial charge >= 0.3 is 0 Å². The number of aliphatic imine (C=N–C) groups is 1. The van der Waals surface area contributed by atoms with Gasteiger partial charge in [0.25, 0.3) is 0 Å². The Hall–Kier alpha value is -0.650. The first-order valence-corrected chi connectivity index (χ1v) is 10.6. The van der Waals surface area contributed by atoms with Crippen LogP contribution in [0.15, 0.2) is 4.99 Å². The molecule has 0 saturated carbocycles. The number of carbonyl (C=O) groups excluding carboxylic acids is 1. The van der Waals surface area contributed by atoms with E-state index in [1.54, 1.807) is 19.0 Å². The van der Waals surface area contributed by atoms with Gasteiger partial charge in [0.05, 0.1) is 19.3 Å². The summed E-state index contributed by atoms with van der Waals surface area (Å²) in [5.74, 6) is 0.550. The molecule has 0 radical (unpaired) electrons. The first-order chi connectivity index (χ1) is 13.5. The molecule has 3 fully saturated rings. The van der Waals surface area contributed by atoms with E-state index in [1.807, 2.05) is 6.92 Å². The van der Waals surface area contributed by atoms with E-state index in [9.17, 15) is 4.79 Å². The molecule has 3 saturated heterocycles. The number of nitrogens with one attached hydrogen (secondary N) is 1. The summed E-state index contributed by atoms with van der Waals surface area (Å²) in [5, 5.41) is 3.48. The number of amides is 1. The summed E-state index contributed by atoms with van der Waals surface area (Å²) in [7, 11) is 3.51. The molecule has 3 aliphatic rings. The third-order valence-corrected chi connectivity index (χ3v) is 5.95. The van der Waals surface area contributed by atoms with Crippen LogP contribution < -0.4 is 5.32 Å². The third-order valence-electron chi connectivity index (χ3n) is 5.95. The van der Waals surface area contributed by atoms with Gasteiger partial charge in [-0.2, -0.15) is 0 Å². The first kappa shape index (κ1) is 24.6. The Labute approximate surface area is 191 Å². The number of hydrogen-bond donors (Lipinski definition) is 1. The lowest BCUT2D eigenvalue weighted by atomic mass is 9.90. The molecule has 0 spiro atoms. The summed E-state index contributed by atoms with van der Waals surface area (Å²) < 4.78 is 17.7. The van der Waals surface area contributed by atoms with Crippen LogP contribution in [-0.2, 0) is 19.0 Å². The molecule has 0 aromatic heterocycles. The fourth-order valence-electron chi connectivity index (χ4n) is 4.09. The molecular formula is C20H37IN4O4. The maximum Gasteiger partial charge on any atom is 0.243 e. The van der Waals surface area contributed by atoms with Crippen LogP contribution in [-0.4, -0.2) is 93.7 Å². The Kier molecular flexibility index (Phi) is 9.90. The smallest absolute Gasteiger partial charge is 0.243 e. The molecule has 1 N–H and O–H groups in total. The van der Waals surface area contributed by atoms with Crippen molar-refractivity contribution in [3.8, 4) is 0 Å². The lowest BCUT2D eigenvalue weighted by Gasteiger charge is -2.41. The number of guanidine groups is 1. The minimum Gasteiger partial charge on any atom is -0.376 e. The topological polar surface area (TPSA) is 75.6 Å². The normalized spacial score (nSPS) is 27.3. The van der Waals surface area contributed by atoms with Gasteiger partial charge in [-0.25, -0.2) is 4.99 Å². The Morgan fingerprint density at radius 3 is 2.59 bits per heavy atom. The fraction of sp³-hybridized carbons (Fsp3) is 0.900. The van der Waals surface area contributed by atoms with E-state index in [4.69, 9.17) is 14.2 Å². The summed E-state index contributed by atoms with van der Waals surface area (Å²) in [6, 6.07) is 0. The van der Waals surface area contributed by atoms with Crippen LogP contribution in [0.2, 0.25) is 0 Å². The van der Waals surface area contributed by atoms with Crippen molar-refractivity contribution in [3.05, 3.63) is 0 Å². The molecule has 0 aromatic rings. The molecule has 168 valence electrons. The number of likely N-dealkylation sites (tertiary alicyclic amines) is 1. The van der Waals surface area contributed by atoms with Crippen LogP contribution in [0.1, 0.15) is 39.0 Å². The van der Waals surface area contributed by atoms with Crippen molar-refractivity contribution < 1.29 is 19.0 Å². The van der Waals surface area contributed by atoms with E-state index in [-0.39, 0.29) is 48.5 Å². The molecule has 9 heteroatoms. The summed E-state index contributed by atoms with van der Waals surface area (Å²) in [4.78, 5) is 20.5. The van der Waals surface area contributed by atoms with E-state index >= 15 is 0 Å². The average Bonchev–Trinajstić information content (AvgIpc) is 3.16. The maximum absolute atomic E-state index is 12.1.